The van der Waals surface area contributed by atoms with Gasteiger partial charge in [0, 0.05) is 135 Å². The number of aromatic amines is 2. The van der Waals surface area contributed by atoms with Gasteiger partial charge in [-0.3, -0.25) is 105 Å². The van der Waals surface area contributed by atoms with Crippen molar-refractivity contribution in [3.63, 3.8) is 0 Å². The van der Waals surface area contributed by atoms with E-state index in [4.69, 9.17) is 28.7 Å². The predicted molar refractivity (Wildman–Crippen MR) is 452 cm³/mol. The van der Waals surface area contributed by atoms with E-state index in [0.717, 1.165) is 83.1 Å². The van der Waals surface area contributed by atoms with Crippen LogP contribution in [0.1, 0.15) is 51.4 Å². The average molecular weight is 1800 g/mol. The maximum absolute atomic E-state index is 14.4. The Morgan fingerprint density at radius 2 is 0.690 bits per heavy atom. The van der Waals surface area contributed by atoms with Gasteiger partial charge in [0.2, 0.25) is 88.6 Å². The van der Waals surface area contributed by atoms with Crippen molar-refractivity contribution < 1.29 is 67.1 Å². The smallest absolute Gasteiger partial charge is 0.349 e. The lowest BCUT2D eigenvalue weighted by Crippen LogP contribution is -2.50. The Morgan fingerprint density at radius 1 is 0.349 bits per heavy atom. The zero-order chi connectivity index (χ0) is 93.2. The minimum Gasteiger partial charge on any atom is -0.383 e. The SMILES string of the molecule is Nc1ccn(CC(=O)N2CCNC(=O)CN(C(=O)Cn3ccc(N)nc3=O)CCNC(=O)CN(C(=O)Cn3ccc(N)nc3=O)CCNC(=O)CN(C(=O)Cn3ccc(=O)[nH]c3=O)CCNC(=O)CCCCCNC(=O)CCCCCNC(=O)CN(C(=O)Cn3c(N)nc(=O)c4nc[nH]c43)CCNC(=O)CN(C(=O)Cn3cnc(N)c4ncnc3-4)CCNC(=O)C2)c(=O)n1. The summed E-state index contributed by atoms with van der Waals surface area (Å²) in [5.74, 6) is -11.5. The third-order valence-corrected chi connectivity index (χ3v) is 19.6. The molecule has 690 valence electrons. The quantitative estimate of drug-likeness (QED) is 0.0540. The lowest BCUT2D eigenvalue weighted by molar-refractivity contribution is -0.138. The summed E-state index contributed by atoms with van der Waals surface area (Å²) in [6, 6.07) is 4.65. The standard InChI is InChI=1S/C74H99N35O20/c75-46-9-21-104(71(126)93-46)37-58(119)99-26-16-83-53(114)32-98(61(122)40-107-24-12-51(112)96-74(107)129)25-15-82-50(111)8-4-1-5-13-80-49(110)7-3-2-6-14-81-52(113)31-103(63(124)42-109-68-65(89-44-91-68)69(125)97-70(109)79)30-20-87-57(118)36-102(62(123)41-108-45-92-66(78)64-67(108)90-43-88-64)29-19-86-56(117)35-101(60(121)39-106-23-11-48(77)95-73(106)128)28-18-85-55(116)34-100(27-17-84-54(115)33-99)59(120)38-105-22-10-47(76)94-72(105)127/h9-12,21-24,43-45H,1-8,13-20,25-42,78H2,(H,80,110)(H,81,113)(H,82,111)(H,83,114)(H,84,115)(H,85,116)(H,86,117)(H,87,118)(H,89,91)(H2,75,93,126)(H2,76,94,127)(H2,77,95,128)(H2,79,97,125)(H,96,112,129). The Balaban J connectivity index is 0.933. The van der Waals surface area contributed by atoms with E-state index < -0.39 is 242 Å². The van der Waals surface area contributed by atoms with Crippen molar-refractivity contribution in [3.05, 3.63) is 131 Å². The molecule has 55 heteroatoms. The van der Waals surface area contributed by atoms with E-state index in [2.05, 4.69) is 87.4 Å². The molecule has 6 aromatic heterocycles. The molecular formula is C74H99N35O20. The van der Waals surface area contributed by atoms with Gasteiger partial charge < -0.3 is 110 Å². The second kappa shape index (κ2) is 47.6. The molecule has 0 atom stereocenters. The van der Waals surface area contributed by atoms with Gasteiger partial charge in [0.15, 0.2) is 17.2 Å². The fraction of sp³-hybridized carbons (Fsp3) is 0.459. The number of nitrogens with zero attached hydrogens (tertiary/aromatic N) is 20. The molecule has 0 radical (unpaired) electrons. The maximum Gasteiger partial charge on any atom is 0.349 e. The third kappa shape index (κ3) is 30.3. The molecule has 0 aromatic carbocycles. The third-order valence-electron chi connectivity index (χ3n) is 19.6. The van der Waals surface area contributed by atoms with Crippen molar-refractivity contribution in [2.24, 2.45) is 0 Å². The number of fused-ring (bicyclic) bond motifs is 2. The molecule has 1 fully saturated rings. The van der Waals surface area contributed by atoms with Crippen LogP contribution in [0.2, 0.25) is 0 Å². The first-order valence-electron chi connectivity index (χ1n) is 40.4. The van der Waals surface area contributed by atoms with E-state index in [1.54, 1.807) is 0 Å². The van der Waals surface area contributed by atoms with E-state index in [0.29, 0.717) is 38.5 Å². The fourth-order valence-electron chi connectivity index (χ4n) is 12.8. The number of H-pyrrole nitrogens is 2. The van der Waals surface area contributed by atoms with Crippen LogP contribution >= 0.6 is 0 Å². The lowest BCUT2D eigenvalue weighted by atomic mass is 10.1. The number of carbonyl (C=O) groups is 14. The first-order valence-corrected chi connectivity index (χ1v) is 40.4. The summed E-state index contributed by atoms with van der Waals surface area (Å²) in [6.45, 7) is -12.8. The van der Waals surface area contributed by atoms with Crippen LogP contribution in [0.5, 0.6) is 0 Å². The number of carbonyl (C=O) groups excluding carboxylic acids is 14. The molecule has 1 saturated heterocycles. The Morgan fingerprint density at radius 3 is 1.07 bits per heavy atom. The number of aromatic nitrogens is 16. The molecule has 20 N–H and O–H groups in total. The van der Waals surface area contributed by atoms with E-state index in [1.807, 2.05) is 4.98 Å². The van der Waals surface area contributed by atoms with Gasteiger partial charge >= 0.3 is 28.3 Å². The summed E-state index contributed by atoms with van der Waals surface area (Å²) in [7, 11) is 0. The molecule has 0 aliphatic carbocycles. The van der Waals surface area contributed by atoms with E-state index in [9.17, 15) is 95.9 Å². The van der Waals surface area contributed by atoms with Crippen molar-refractivity contribution in [3.8, 4) is 11.5 Å². The summed E-state index contributed by atoms with van der Waals surface area (Å²) in [6.07, 6.45) is 11.0. The minimum absolute atomic E-state index is 0.0122. The Labute approximate surface area is 729 Å². The number of hydrogen-bond acceptors (Lipinski definition) is 33. The second-order valence-corrected chi connectivity index (χ2v) is 29.1. The second-order valence-electron chi connectivity index (χ2n) is 29.1. The van der Waals surface area contributed by atoms with Gasteiger partial charge in [-0.25, -0.2) is 39.1 Å². The highest BCUT2D eigenvalue weighted by atomic mass is 16.2. The molecule has 9 heterocycles. The highest BCUT2D eigenvalue weighted by Crippen LogP contribution is 2.22. The molecule has 0 spiro atoms. The molecule has 0 bridgehead atoms. The zero-order valence-corrected chi connectivity index (χ0v) is 69.9. The van der Waals surface area contributed by atoms with Crippen LogP contribution in [0.4, 0.5) is 29.2 Å². The fourth-order valence-corrected chi connectivity index (χ4v) is 12.8. The first kappa shape index (κ1) is 96.6. The molecule has 55 nitrogen and oxygen atoms in total. The molecule has 6 aromatic rings. The monoisotopic (exact) mass is 1800 g/mol. The molecule has 14 amide bonds. The van der Waals surface area contributed by atoms with Crippen LogP contribution in [-0.4, -0.2) is 320 Å². The van der Waals surface area contributed by atoms with Gasteiger partial charge in [0.25, 0.3) is 5.56 Å². The number of rotatable bonds is 12. The first-order chi connectivity index (χ1) is 61.7. The highest BCUT2D eigenvalue weighted by Gasteiger charge is 2.29. The van der Waals surface area contributed by atoms with Gasteiger partial charge in [0.05, 0.1) is 51.9 Å². The van der Waals surface area contributed by atoms with Gasteiger partial charge in [0.1, 0.15) is 74.4 Å². The van der Waals surface area contributed by atoms with Crippen LogP contribution in [0.15, 0.2) is 96.8 Å². The number of nitrogens with one attached hydrogen (secondary N) is 10. The Bertz CT molecular complexity index is 5750. The van der Waals surface area contributed by atoms with Crippen LogP contribution < -0.4 is 105 Å². The summed E-state index contributed by atoms with van der Waals surface area (Å²) >= 11 is 0. The molecule has 3 aliphatic rings. The number of anilines is 5. The van der Waals surface area contributed by atoms with Crippen LogP contribution in [-0.2, 0) is 106 Å². The van der Waals surface area contributed by atoms with Gasteiger partial charge in [-0.05, 0) is 43.9 Å². The molecule has 129 heavy (non-hydrogen) atoms. The molecule has 9 rings (SSSR count). The number of nitrogens with two attached hydrogens (primary N) is 5. The van der Waals surface area contributed by atoms with E-state index in [1.165, 1.54) is 41.7 Å². The van der Waals surface area contributed by atoms with Crippen molar-refractivity contribution in [1.82, 2.24) is 149 Å². The normalized spacial score (nSPS) is 16.1. The minimum atomic E-state index is -0.966. The molecule has 0 unspecified atom stereocenters. The number of imidazole rings is 2. The molecule has 3 aliphatic heterocycles. The van der Waals surface area contributed by atoms with E-state index in [-0.39, 0.29) is 110 Å². The van der Waals surface area contributed by atoms with Crippen molar-refractivity contribution >= 4 is 123 Å². The maximum atomic E-state index is 14.4. The Kier molecular flexibility index (Phi) is 35.7. The summed E-state index contributed by atoms with van der Waals surface area (Å²) in [5, 5.41) is 21.1. The Hall–Kier alpha value is -16.2. The highest BCUT2D eigenvalue weighted by molar-refractivity contribution is 5.90. The predicted octanol–water partition coefficient (Wildman–Crippen LogP) is -11.8. The summed E-state index contributed by atoms with van der Waals surface area (Å²) < 4.78 is 5.94. The topological polar surface area (TPSA) is 751 Å². The van der Waals surface area contributed by atoms with Crippen LogP contribution in [0, 0.1) is 0 Å². The van der Waals surface area contributed by atoms with Crippen molar-refractivity contribution in [1.29, 1.82) is 0 Å². The zero-order valence-electron chi connectivity index (χ0n) is 69.9. The van der Waals surface area contributed by atoms with Gasteiger partial charge in [-0.1, -0.05) is 12.8 Å². The largest absolute Gasteiger partial charge is 0.383 e. The molecular weight excluding hydrogens is 1700 g/mol. The van der Waals surface area contributed by atoms with Gasteiger partial charge in [-0.2, -0.15) is 19.9 Å². The van der Waals surface area contributed by atoms with E-state index >= 15 is 0 Å². The van der Waals surface area contributed by atoms with Crippen molar-refractivity contribution in [2.45, 2.75) is 90.6 Å². The van der Waals surface area contributed by atoms with Gasteiger partial charge in [-0.15, -0.1) is 0 Å². The summed E-state index contributed by atoms with van der Waals surface area (Å²) in [4.78, 5) is 312. The average Bonchev–Trinajstić information content (AvgIpc) is 1.62. The number of nitrogen functional groups attached to an aromatic ring is 5. The van der Waals surface area contributed by atoms with Crippen molar-refractivity contribution in [2.75, 3.05) is 160 Å². The molecule has 0 saturated carbocycles. The lowest BCUT2D eigenvalue weighted by Gasteiger charge is -2.26. The number of hydrogen-bond donors (Lipinski definition) is 15. The number of amides is 14. The van der Waals surface area contributed by atoms with Crippen LogP contribution in [0.25, 0.3) is 22.7 Å². The van der Waals surface area contributed by atoms with Crippen LogP contribution in [0.3, 0.4) is 0 Å². The summed E-state index contributed by atoms with van der Waals surface area (Å²) in [5.41, 5.74) is 23.9.